The van der Waals surface area contributed by atoms with Gasteiger partial charge in [-0.1, -0.05) is 6.42 Å². The van der Waals surface area contributed by atoms with Crippen LogP contribution in [0.3, 0.4) is 0 Å². The van der Waals surface area contributed by atoms with Gasteiger partial charge >= 0.3 is 6.03 Å². The van der Waals surface area contributed by atoms with Gasteiger partial charge in [0.25, 0.3) is 0 Å². The third-order valence-corrected chi connectivity index (χ3v) is 4.41. The van der Waals surface area contributed by atoms with E-state index in [9.17, 15) is 4.79 Å². The lowest BCUT2D eigenvalue weighted by Gasteiger charge is -2.33. The lowest BCUT2D eigenvalue weighted by Crippen LogP contribution is -2.52. The molecule has 0 spiro atoms. The third kappa shape index (κ3) is 2.78. The smallest absolute Gasteiger partial charge is 0.317 e. The van der Waals surface area contributed by atoms with Crippen LogP contribution in [0.2, 0.25) is 0 Å². The molecule has 0 aromatic heterocycles. The van der Waals surface area contributed by atoms with Crippen molar-refractivity contribution in [3.8, 4) is 0 Å². The molecule has 2 aliphatic heterocycles. The Morgan fingerprint density at radius 2 is 2.22 bits per heavy atom. The number of urea groups is 1. The van der Waals surface area contributed by atoms with Gasteiger partial charge in [-0.05, 0) is 32.7 Å². The second-order valence-corrected chi connectivity index (χ2v) is 5.59. The Labute approximate surface area is 109 Å². The van der Waals surface area contributed by atoms with Crippen LogP contribution in [0.25, 0.3) is 0 Å². The molecule has 104 valence electrons. The third-order valence-electron chi connectivity index (χ3n) is 4.41. The predicted octanol–water partition coefficient (Wildman–Crippen LogP) is 0.635. The zero-order chi connectivity index (χ0) is 13.1. The highest BCUT2D eigenvalue weighted by Gasteiger charge is 2.36. The first-order chi connectivity index (χ1) is 8.63. The number of likely N-dealkylation sites (N-methyl/N-ethyl adjacent to an activating group) is 1. The number of carbonyl (C=O) groups excluding carboxylic acids is 1. The van der Waals surface area contributed by atoms with Gasteiger partial charge in [-0.2, -0.15) is 0 Å². The average Bonchev–Trinajstić information content (AvgIpc) is 2.80. The van der Waals surface area contributed by atoms with Gasteiger partial charge in [0.05, 0.1) is 12.6 Å². The number of fused-ring (bicyclic) bond motifs is 1. The number of nitrogens with one attached hydrogen (secondary N) is 1. The summed E-state index contributed by atoms with van der Waals surface area (Å²) < 4.78 is 0. The van der Waals surface area contributed by atoms with E-state index in [1.54, 1.807) is 11.9 Å². The van der Waals surface area contributed by atoms with Crippen LogP contribution >= 0.6 is 0 Å². The van der Waals surface area contributed by atoms with Gasteiger partial charge in [-0.15, -0.1) is 0 Å². The molecular weight excluding hydrogens is 230 g/mol. The minimum atomic E-state index is -0.131. The summed E-state index contributed by atoms with van der Waals surface area (Å²) in [6.45, 7) is 4.14. The Bertz CT molecular complexity index is 298. The topological polar surface area (TPSA) is 55.8 Å². The van der Waals surface area contributed by atoms with E-state index in [2.05, 4.69) is 10.2 Å². The number of amides is 2. The van der Waals surface area contributed by atoms with Gasteiger partial charge in [-0.25, -0.2) is 4.79 Å². The van der Waals surface area contributed by atoms with E-state index in [0.29, 0.717) is 6.04 Å². The van der Waals surface area contributed by atoms with Crippen LogP contribution in [0, 0.1) is 0 Å². The van der Waals surface area contributed by atoms with E-state index >= 15 is 0 Å². The monoisotopic (exact) mass is 255 g/mol. The Morgan fingerprint density at radius 3 is 2.94 bits per heavy atom. The molecule has 0 aliphatic carbocycles. The van der Waals surface area contributed by atoms with Crippen LogP contribution in [0.1, 0.15) is 32.6 Å². The molecule has 3 atom stereocenters. The highest BCUT2D eigenvalue weighted by atomic mass is 16.3. The molecule has 3 unspecified atom stereocenters. The molecular formula is C13H25N3O2. The number of aliphatic hydroxyl groups excluding tert-OH is 1. The molecule has 2 heterocycles. The molecule has 0 aromatic rings. The standard InChI is InChI=1S/C13H25N3O2/c1-10(9-17)15(2)13(18)14-11-6-8-16-7-4-3-5-12(11)16/h10-12,17H,3-9H2,1-2H3,(H,14,18). The van der Waals surface area contributed by atoms with Gasteiger partial charge in [0, 0.05) is 25.7 Å². The molecule has 18 heavy (non-hydrogen) atoms. The molecule has 2 saturated heterocycles. The second-order valence-electron chi connectivity index (χ2n) is 5.59. The zero-order valence-corrected chi connectivity index (χ0v) is 11.4. The molecule has 2 fully saturated rings. The molecule has 0 saturated carbocycles. The lowest BCUT2D eigenvalue weighted by atomic mass is 9.99. The number of rotatable bonds is 3. The Kier molecular flexibility index (Phi) is 4.45. The summed E-state index contributed by atoms with van der Waals surface area (Å²) in [6.07, 6.45) is 4.82. The van der Waals surface area contributed by atoms with Crippen LogP contribution in [0.4, 0.5) is 4.79 Å². The van der Waals surface area contributed by atoms with Crippen molar-refractivity contribution < 1.29 is 9.90 Å². The molecule has 0 bridgehead atoms. The fourth-order valence-electron chi connectivity index (χ4n) is 3.00. The molecule has 2 aliphatic rings. The van der Waals surface area contributed by atoms with E-state index in [4.69, 9.17) is 5.11 Å². The maximum absolute atomic E-state index is 12.1. The molecule has 0 radical (unpaired) electrons. The van der Waals surface area contributed by atoms with Crippen molar-refractivity contribution in [3.63, 3.8) is 0 Å². The zero-order valence-electron chi connectivity index (χ0n) is 11.4. The first kappa shape index (κ1) is 13.6. The summed E-state index contributed by atoms with van der Waals surface area (Å²) in [4.78, 5) is 16.2. The van der Waals surface area contributed by atoms with Crippen LogP contribution < -0.4 is 5.32 Å². The van der Waals surface area contributed by atoms with E-state index in [1.807, 2.05) is 6.92 Å². The fourth-order valence-corrected chi connectivity index (χ4v) is 3.00. The maximum atomic E-state index is 12.1. The van der Waals surface area contributed by atoms with Crippen molar-refractivity contribution in [3.05, 3.63) is 0 Å². The number of carbonyl (C=O) groups is 1. The van der Waals surface area contributed by atoms with Gasteiger partial charge in [0.15, 0.2) is 0 Å². The molecule has 2 amide bonds. The van der Waals surface area contributed by atoms with Crippen molar-refractivity contribution in [1.82, 2.24) is 15.1 Å². The van der Waals surface area contributed by atoms with Crippen molar-refractivity contribution in [2.75, 3.05) is 26.7 Å². The molecule has 5 nitrogen and oxygen atoms in total. The number of nitrogens with zero attached hydrogens (tertiary/aromatic N) is 2. The second kappa shape index (κ2) is 5.89. The number of aliphatic hydroxyl groups is 1. The molecule has 2 rings (SSSR count). The van der Waals surface area contributed by atoms with Crippen LogP contribution in [0.5, 0.6) is 0 Å². The largest absolute Gasteiger partial charge is 0.394 e. The van der Waals surface area contributed by atoms with Crippen molar-refractivity contribution in [2.45, 2.75) is 50.7 Å². The average molecular weight is 255 g/mol. The lowest BCUT2D eigenvalue weighted by molar-refractivity contribution is 0.146. The summed E-state index contributed by atoms with van der Waals surface area (Å²) in [7, 11) is 1.74. The Balaban J connectivity index is 1.87. The number of hydrogen-bond acceptors (Lipinski definition) is 3. The van der Waals surface area contributed by atoms with E-state index in [1.165, 1.54) is 25.8 Å². The Morgan fingerprint density at radius 1 is 1.44 bits per heavy atom. The van der Waals surface area contributed by atoms with Crippen molar-refractivity contribution in [2.24, 2.45) is 0 Å². The molecule has 0 aromatic carbocycles. The summed E-state index contributed by atoms with van der Waals surface area (Å²) in [5.74, 6) is 0. The summed E-state index contributed by atoms with van der Waals surface area (Å²) >= 11 is 0. The SMILES string of the molecule is CC(CO)N(C)C(=O)NC1CCN2CCCCC12. The molecule has 5 heteroatoms. The summed E-state index contributed by atoms with van der Waals surface area (Å²) in [6, 6.07) is 0.620. The van der Waals surface area contributed by atoms with Gasteiger partial charge in [0.1, 0.15) is 0 Å². The van der Waals surface area contributed by atoms with Crippen LogP contribution in [0.15, 0.2) is 0 Å². The van der Waals surface area contributed by atoms with Crippen molar-refractivity contribution in [1.29, 1.82) is 0 Å². The Hall–Kier alpha value is -0.810. The van der Waals surface area contributed by atoms with E-state index in [0.717, 1.165) is 13.0 Å². The van der Waals surface area contributed by atoms with Crippen LogP contribution in [-0.4, -0.2) is 65.8 Å². The highest BCUT2D eigenvalue weighted by molar-refractivity contribution is 5.74. The van der Waals surface area contributed by atoms with E-state index in [-0.39, 0.29) is 24.7 Å². The fraction of sp³-hybridized carbons (Fsp3) is 0.923. The van der Waals surface area contributed by atoms with Gasteiger partial charge < -0.3 is 15.3 Å². The minimum absolute atomic E-state index is 0.00411. The maximum Gasteiger partial charge on any atom is 0.317 e. The predicted molar refractivity (Wildman–Crippen MR) is 70.5 cm³/mol. The number of hydrogen-bond donors (Lipinski definition) is 2. The summed E-state index contributed by atoms with van der Waals surface area (Å²) in [5.41, 5.74) is 0. The van der Waals surface area contributed by atoms with Gasteiger partial charge in [-0.3, -0.25) is 4.90 Å². The molecule has 2 N–H and O–H groups in total. The van der Waals surface area contributed by atoms with E-state index < -0.39 is 0 Å². The first-order valence-corrected chi connectivity index (χ1v) is 7.01. The first-order valence-electron chi connectivity index (χ1n) is 7.01. The quantitative estimate of drug-likeness (QED) is 0.778. The normalized spacial score (nSPS) is 29.7. The minimum Gasteiger partial charge on any atom is -0.394 e. The van der Waals surface area contributed by atoms with Gasteiger partial charge in [0.2, 0.25) is 0 Å². The van der Waals surface area contributed by atoms with Crippen LogP contribution in [-0.2, 0) is 0 Å². The summed E-state index contributed by atoms with van der Waals surface area (Å²) in [5, 5.41) is 12.2. The highest BCUT2D eigenvalue weighted by Crippen LogP contribution is 2.27. The van der Waals surface area contributed by atoms with Crippen molar-refractivity contribution >= 4 is 6.03 Å². The number of piperidine rings is 1.